The number of carboxylic acids is 1. The molecule has 7 heteroatoms. The molecule has 0 saturated heterocycles. The van der Waals surface area contributed by atoms with E-state index in [1.807, 2.05) is 0 Å². The third kappa shape index (κ3) is 4.28. The van der Waals surface area contributed by atoms with Crippen molar-refractivity contribution < 1.29 is 14.7 Å². The molecule has 0 unspecified atom stereocenters. The maximum atomic E-state index is 12.0. The number of hydrogen-bond donors (Lipinski definition) is 3. The second kappa shape index (κ2) is 7.02. The van der Waals surface area contributed by atoms with E-state index < -0.39 is 5.97 Å². The predicted octanol–water partition coefficient (Wildman–Crippen LogP) is 3.17. The molecule has 2 aromatic carbocycles. The Labute approximate surface area is 136 Å². The van der Waals surface area contributed by atoms with E-state index in [0.29, 0.717) is 16.3 Å². The number of carboxylic acid groups (broad SMARTS) is 1. The largest absolute Gasteiger partial charge is 0.478 e. The Morgan fingerprint density at radius 3 is 2.36 bits per heavy atom. The van der Waals surface area contributed by atoms with Crippen LogP contribution in [0.15, 0.2) is 48.5 Å². The molecule has 0 aromatic heterocycles. The average Bonchev–Trinajstić information content (AvgIpc) is 2.47. The minimum absolute atomic E-state index is 0.0717. The zero-order chi connectivity index (χ0) is 16.1. The predicted molar refractivity (Wildman–Crippen MR) is 88.5 cm³/mol. The molecule has 5 nitrogen and oxygen atoms in total. The van der Waals surface area contributed by atoms with Crippen LogP contribution in [0.3, 0.4) is 0 Å². The van der Waals surface area contributed by atoms with Crippen LogP contribution in [0.4, 0.5) is 5.69 Å². The van der Waals surface area contributed by atoms with Crippen molar-refractivity contribution in [1.82, 2.24) is 5.32 Å². The summed E-state index contributed by atoms with van der Waals surface area (Å²) in [6, 6.07) is 12.5. The summed E-state index contributed by atoms with van der Waals surface area (Å²) in [5, 5.41) is 14.8. The molecule has 0 spiro atoms. The summed E-state index contributed by atoms with van der Waals surface area (Å²) in [4.78, 5) is 22.8. The number of hydrogen-bond acceptors (Lipinski definition) is 3. The molecule has 0 heterocycles. The van der Waals surface area contributed by atoms with Crippen LogP contribution < -0.4 is 10.6 Å². The second-order valence-corrected chi connectivity index (χ2v) is 5.15. The Hall–Kier alpha value is -2.44. The fourth-order valence-electron chi connectivity index (χ4n) is 1.67. The van der Waals surface area contributed by atoms with E-state index in [9.17, 15) is 9.59 Å². The zero-order valence-corrected chi connectivity index (χ0v) is 12.7. The lowest BCUT2D eigenvalue weighted by Crippen LogP contribution is -2.34. The Kier molecular flexibility index (Phi) is 5.08. The normalized spacial score (nSPS) is 9.86. The fraction of sp³-hybridized carbons (Fsp3) is 0. The lowest BCUT2D eigenvalue weighted by molar-refractivity contribution is 0.0696. The molecule has 0 fully saturated rings. The van der Waals surface area contributed by atoms with Crippen molar-refractivity contribution in [2.24, 2.45) is 0 Å². The molecule has 3 N–H and O–H groups in total. The second-order valence-electron chi connectivity index (χ2n) is 4.30. The van der Waals surface area contributed by atoms with E-state index in [-0.39, 0.29) is 16.6 Å². The Morgan fingerprint density at radius 2 is 1.73 bits per heavy atom. The van der Waals surface area contributed by atoms with Gasteiger partial charge in [-0.05, 0) is 54.7 Å². The Balaban J connectivity index is 2.01. The number of carbonyl (C=O) groups excluding carboxylic acids is 1. The van der Waals surface area contributed by atoms with Gasteiger partial charge in [0.25, 0.3) is 5.91 Å². The smallest absolute Gasteiger partial charge is 0.335 e. The van der Waals surface area contributed by atoms with Crippen molar-refractivity contribution in [1.29, 1.82) is 0 Å². The summed E-state index contributed by atoms with van der Waals surface area (Å²) in [5.41, 5.74) is 1.01. The van der Waals surface area contributed by atoms with Crippen molar-refractivity contribution in [2.75, 3.05) is 5.32 Å². The molecule has 112 valence electrons. The maximum absolute atomic E-state index is 12.0. The molecule has 22 heavy (non-hydrogen) atoms. The number of amides is 1. The summed E-state index contributed by atoms with van der Waals surface area (Å²) in [7, 11) is 0. The minimum Gasteiger partial charge on any atom is -0.478 e. The molecule has 0 bridgehead atoms. The lowest BCUT2D eigenvalue weighted by Gasteiger charge is -2.10. The van der Waals surface area contributed by atoms with Gasteiger partial charge in [0.15, 0.2) is 5.11 Å². The van der Waals surface area contributed by atoms with Gasteiger partial charge in [-0.25, -0.2) is 4.79 Å². The Morgan fingerprint density at radius 1 is 1.05 bits per heavy atom. The highest BCUT2D eigenvalue weighted by Gasteiger charge is 2.09. The van der Waals surface area contributed by atoms with E-state index in [0.717, 1.165) is 0 Å². The standard InChI is InChI=1S/C15H11ClN2O3S/c16-11-6-4-9(5-7-11)13(19)18-15(22)17-12-3-1-2-10(8-12)14(20)21/h1-8H,(H,20,21)(H2,17,18,19,22). The number of benzene rings is 2. The van der Waals surface area contributed by atoms with Gasteiger partial charge < -0.3 is 10.4 Å². The van der Waals surface area contributed by atoms with Crippen LogP contribution in [-0.2, 0) is 0 Å². The highest BCUT2D eigenvalue weighted by atomic mass is 35.5. The number of thiocarbonyl (C=S) groups is 1. The molecule has 0 saturated carbocycles. The first kappa shape index (κ1) is 15.9. The first-order chi connectivity index (χ1) is 10.5. The first-order valence-corrected chi connectivity index (χ1v) is 6.95. The van der Waals surface area contributed by atoms with Gasteiger partial charge in [-0.3, -0.25) is 10.1 Å². The molecule has 0 aliphatic heterocycles. The molecule has 0 radical (unpaired) electrons. The van der Waals surface area contributed by atoms with E-state index in [1.54, 1.807) is 36.4 Å². The van der Waals surface area contributed by atoms with Crippen molar-refractivity contribution >= 4 is 46.5 Å². The van der Waals surface area contributed by atoms with E-state index in [4.69, 9.17) is 28.9 Å². The number of aromatic carboxylic acids is 1. The van der Waals surface area contributed by atoms with Crippen LogP contribution in [0.25, 0.3) is 0 Å². The third-order valence-corrected chi connectivity index (χ3v) is 3.16. The van der Waals surface area contributed by atoms with Gasteiger partial charge in [-0.1, -0.05) is 17.7 Å². The van der Waals surface area contributed by atoms with E-state index >= 15 is 0 Å². The Bertz CT molecular complexity index is 732. The number of nitrogens with one attached hydrogen (secondary N) is 2. The van der Waals surface area contributed by atoms with Gasteiger partial charge in [0.05, 0.1) is 5.56 Å². The SMILES string of the molecule is O=C(O)c1cccc(NC(=S)NC(=O)c2ccc(Cl)cc2)c1. The van der Waals surface area contributed by atoms with Crippen molar-refractivity contribution in [2.45, 2.75) is 0 Å². The maximum Gasteiger partial charge on any atom is 0.335 e. The third-order valence-electron chi connectivity index (χ3n) is 2.70. The zero-order valence-electron chi connectivity index (χ0n) is 11.2. The summed E-state index contributed by atoms with van der Waals surface area (Å²) < 4.78 is 0. The molecule has 2 aromatic rings. The summed E-state index contributed by atoms with van der Waals surface area (Å²) in [6.07, 6.45) is 0. The van der Waals surface area contributed by atoms with Crippen molar-refractivity contribution in [3.63, 3.8) is 0 Å². The minimum atomic E-state index is -1.04. The molecule has 2 rings (SSSR count). The van der Waals surface area contributed by atoms with Crippen molar-refractivity contribution in [3.05, 3.63) is 64.7 Å². The number of anilines is 1. The molecular weight excluding hydrogens is 324 g/mol. The first-order valence-electron chi connectivity index (χ1n) is 6.17. The van der Waals surface area contributed by atoms with Crippen LogP contribution in [0, 0.1) is 0 Å². The number of halogens is 1. The van der Waals surface area contributed by atoms with Gasteiger partial charge in [0.1, 0.15) is 0 Å². The van der Waals surface area contributed by atoms with Crippen LogP contribution in [-0.4, -0.2) is 22.1 Å². The van der Waals surface area contributed by atoms with Crippen LogP contribution in [0.2, 0.25) is 5.02 Å². The fourth-order valence-corrected chi connectivity index (χ4v) is 2.01. The molecule has 0 aliphatic carbocycles. The number of rotatable bonds is 3. The summed E-state index contributed by atoms with van der Waals surface area (Å²) in [5.74, 6) is -1.43. The van der Waals surface area contributed by atoms with Gasteiger partial charge >= 0.3 is 5.97 Å². The molecule has 0 atom stereocenters. The number of carbonyl (C=O) groups is 2. The molecular formula is C15H11ClN2O3S. The van der Waals surface area contributed by atoms with E-state index in [2.05, 4.69) is 10.6 Å². The van der Waals surface area contributed by atoms with Crippen LogP contribution >= 0.6 is 23.8 Å². The van der Waals surface area contributed by atoms with Gasteiger partial charge in [0.2, 0.25) is 0 Å². The molecule has 1 amide bonds. The van der Waals surface area contributed by atoms with Gasteiger partial charge in [-0.15, -0.1) is 0 Å². The van der Waals surface area contributed by atoms with E-state index in [1.165, 1.54) is 12.1 Å². The van der Waals surface area contributed by atoms with Crippen LogP contribution in [0.5, 0.6) is 0 Å². The highest BCUT2D eigenvalue weighted by molar-refractivity contribution is 7.80. The lowest BCUT2D eigenvalue weighted by atomic mass is 10.2. The molecule has 0 aliphatic rings. The quantitative estimate of drug-likeness (QED) is 0.751. The monoisotopic (exact) mass is 334 g/mol. The summed E-state index contributed by atoms with van der Waals surface area (Å²) in [6.45, 7) is 0. The topological polar surface area (TPSA) is 78.4 Å². The van der Waals surface area contributed by atoms with Gasteiger partial charge in [0, 0.05) is 16.3 Å². The van der Waals surface area contributed by atoms with Gasteiger partial charge in [-0.2, -0.15) is 0 Å². The van der Waals surface area contributed by atoms with Crippen molar-refractivity contribution in [3.8, 4) is 0 Å². The highest BCUT2D eigenvalue weighted by Crippen LogP contribution is 2.11. The average molecular weight is 335 g/mol. The summed E-state index contributed by atoms with van der Waals surface area (Å²) >= 11 is 10.8. The van der Waals surface area contributed by atoms with Crippen LogP contribution in [0.1, 0.15) is 20.7 Å².